The maximum atomic E-state index is 13.2. The highest BCUT2D eigenvalue weighted by Gasteiger charge is 2.14. The monoisotopic (exact) mass is 445 g/mol. The van der Waals surface area contributed by atoms with Crippen molar-refractivity contribution in [1.82, 2.24) is 24.3 Å². The molecular formula is C24H20FN5OS. The van der Waals surface area contributed by atoms with Crippen molar-refractivity contribution >= 4 is 22.2 Å². The van der Waals surface area contributed by atoms with Gasteiger partial charge >= 0.3 is 0 Å². The highest BCUT2D eigenvalue weighted by atomic mass is 32.1. The molecule has 5 aromatic rings. The molecule has 0 spiro atoms. The first-order valence-electron chi connectivity index (χ1n) is 10.1. The number of thiazole rings is 1. The zero-order chi connectivity index (χ0) is 22.1. The first kappa shape index (κ1) is 20.1. The highest BCUT2D eigenvalue weighted by molar-refractivity contribution is 7.17. The molecule has 8 heteroatoms. The molecule has 1 amide bonds. The molecule has 0 unspecified atom stereocenters. The quantitative estimate of drug-likeness (QED) is 0.413. The average Bonchev–Trinajstić information content (AvgIpc) is 3.52. The molecule has 0 aliphatic heterocycles. The fourth-order valence-corrected chi connectivity index (χ4v) is 4.58. The number of fused-ring (bicyclic) bond motifs is 1. The van der Waals surface area contributed by atoms with E-state index in [9.17, 15) is 9.18 Å². The SMILES string of the molecule is Cc1c(CNC(=O)c2ccc(Cn3ccnc3)cc2)sc2nc(-c3ccc(F)cc3)cn12. The largest absolute Gasteiger partial charge is 0.347 e. The Morgan fingerprint density at radius 3 is 2.59 bits per heavy atom. The number of rotatable bonds is 6. The van der Waals surface area contributed by atoms with Crippen LogP contribution in [0.15, 0.2) is 73.4 Å². The van der Waals surface area contributed by atoms with Gasteiger partial charge in [0.05, 0.1) is 18.6 Å². The summed E-state index contributed by atoms with van der Waals surface area (Å²) in [5.74, 6) is -0.381. The van der Waals surface area contributed by atoms with E-state index in [2.05, 4.69) is 15.3 Å². The Morgan fingerprint density at radius 2 is 1.91 bits per heavy atom. The third-order valence-corrected chi connectivity index (χ3v) is 6.50. The molecule has 160 valence electrons. The zero-order valence-electron chi connectivity index (χ0n) is 17.3. The van der Waals surface area contributed by atoms with E-state index >= 15 is 0 Å². The molecule has 0 radical (unpaired) electrons. The highest BCUT2D eigenvalue weighted by Crippen LogP contribution is 2.27. The molecule has 0 aliphatic carbocycles. The van der Waals surface area contributed by atoms with E-state index in [-0.39, 0.29) is 11.7 Å². The maximum Gasteiger partial charge on any atom is 0.251 e. The summed E-state index contributed by atoms with van der Waals surface area (Å²) < 4.78 is 17.2. The number of halogens is 1. The smallest absolute Gasteiger partial charge is 0.251 e. The maximum absolute atomic E-state index is 13.2. The van der Waals surface area contributed by atoms with Crippen LogP contribution in [-0.2, 0) is 13.1 Å². The Kier molecular flexibility index (Phi) is 5.28. The lowest BCUT2D eigenvalue weighted by Crippen LogP contribution is -2.22. The van der Waals surface area contributed by atoms with Crippen LogP contribution in [0.25, 0.3) is 16.2 Å². The molecule has 5 rings (SSSR count). The molecule has 6 nitrogen and oxygen atoms in total. The van der Waals surface area contributed by atoms with Gasteiger partial charge in [0.1, 0.15) is 5.82 Å². The Labute approximate surface area is 188 Å². The molecule has 2 aromatic carbocycles. The van der Waals surface area contributed by atoms with Gasteiger partial charge in [-0.3, -0.25) is 9.20 Å². The third kappa shape index (κ3) is 4.04. The lowest BCUT2D eigenvalue weighted by Gasteiger charge is -2.07. The van der Waals surface area contributed by atoms with Crippen molar-refractivity contribution in [3.8, 4) is 11.3 Å². The van der Waals surface area contributed by atoms with Crippen molar-refractivity contribution in [3.05, 3.63) is 101 Å². The van der Waals surface area contributed by atoms with Gasteiger partial charge in [-0.05, 0) is 48.9 Å². The molecule has 0 saturated carbocycles. The number of aryl methyl sites for hydroxylation is 1. The average molecular weight is 446 g/mol. The second-order valence-electron chi connectivity index (χ2n) is 7.51. The number of nitrogens with zero attached hydrogens (tertiary/aromatic N) is 4. The Balaban J connectivity index is 1.25. The summed E-state index contributed by atoms with van der Waals surface area (Å²) in [6.07, 6.45) is 7.36. The van der Waals surface area contributed by atoms with Crippen LogP contribution in [0.3, 0.4) is 0 Å². The van der Waals surface area contributed by atoms with Crippen LogP contribution in [0.4, 0.5) is 4.39 Å². The lowest BCUT2D eigenvalue weighted by atomic mass is 10.1. The predicted octanol–water partition coefficient (Wildman–Crippen LogP) is 4.69. The van der Waals surface area contributed by atoms with Gasteiger partial charge in [-0.2, -0.15) is 0 Å². The van der Waals surface area contributed by atoms with Gasteiger partial charge in [0.2, 0.25) is 0 Å². The lowest BCUT2D eigenvalue weighted by molar-refractivity contribution is 0.0951. The molecule has 1 N–H and O–H groups in total. The molecular weight excluding hydrogens is 425 g/mol. The third-order valence-electron chi connectivity index (χ3n) is 5.34. The van der Waals surface area contributed by atoms with E-state index in [1.807, 2.05) is 52.6 Å². The number of nitrogens with one attached hydrogen (secondary N) is 1. The summed E-state index contributed by atoms with van der Waals surface area (Å²) in [5.41, 5.74) is 4.42. The molecule has 3 heterocycles. The summed E-state index contributed by atoms with van der Waals surface area (Å²) in [7, 11) is 0. The molecule has 0 aliphatic rings. The van der Waals surface area contributed by atoms with E-state index in [0.717, 1.165) is 38.9 Å². The van der Waals surface area contributed by atoms with Crippen molar-refractivity contribution in [2.75, 3.05) is 0 Å². The number of hydrogen-bond donors (Lipinski definition) is 1. The van der Waals surface area contributed by atoms with Crippen LogP contribution in [0, 0.1) is 12.7 Å². The van der Waals surface area contributed by atoms with Crippen molar-refractivity contribution in [2.45, 2.75) is 20.0 Å². The van der Waals surface area contributed by atoms with Crippen LogP contribution in [0.5, 0.6) is 0 Å². The number of carbonyl (C=O) groups excluding carboxylic acids is 1. The minimum Gasteiger partial charge on any atom is -0.347 e. The number of aromatic nitrogens is 4. The summed E-state index contributed by atoms with van der Waals surface area (Å²) >= 11 is 1.54. The van der Waals surface area contributed by atoms with Gasteiger partial charge in [0, 0.05) is 46.8 Å². The Morgan fingerprint density at radius 1 is 1.12 bits per heavy atom. The molecule has 0 saturated heterocycles. The first-order valence-corrected chi connectivity index (χ1v) is 10.9. The molecule has 0 fully saturated rings. The summed E-state index contributed by atoms with van der Waals surface area (Å²) in [4.78, 5) is 23.2. The van der Waals surface area contributed by atoms with Gasteiger partial charge in [-0.1, -0.05) is 23.5 Å². The molecule has 0 bridgehead atoms. The van der Waals surface area contributed by atoms with E-state index in [1.54, 1.807) is 24.7 Å². The van der Waals surface area contributed by atoms with E-state index in [0.29, 0.717) is 12.1 Å². The van der Waals surface area contributed by atoms with Gasteiger partial charge < -0.3 is 9.88 Å². The standard InChI is InChI=1S/C24H20FN5OS/c1-16-22(32-24-28-21(14-30(16)24)18-6-8-20(25)9-7-18)12-27-23(31)19-4-2-17(3-5-19)13-29-11-10-26-15-29/h2-11,14-15H,12-13H2,1H3,(H,27,31). The van der Waals surface area contributed by atoms with Crippen LogP contribution >= 0.6 is 11.3 Å². The van der Waals surface area contributed by atoms with E-state index in [4.69, 9.17) is 0 Å². The zero-order valence-corrected chi connectivity index (χ0v) is 18.1. The summed E-state index contributed by atoms with van der Waals surface area (Å²) in [5, 5.41) is 3.00. The summed E-state index contributed by atoms with van der Waals surface area (Å²) in [6.45, 7) is 3.16. The number of hydrogen-bond acceptors (Lipinski definition) is 4. The fourth-order valence-electron chi connectivity index (χ4n) is 3.53. The van der Waals surface area contributed by atoms with Crippen LogP contribution in [-0.4, -0.2) is 24.8 Å². The van der Waals surface area contributed by atoms with Crippen molar-refractivity contribution in [3.63, 3.8) is 0 Å². The molecule has 0 atom stereocenters. The Hall–Kier alpha value is -3.78. The Bertz CT molecular complexity index is 1370. The second-order valence-corrected chi connectivity index (χ2v) is 8.57. The minimum absolute atomic E-state index is 0.114. The van der Waals surface area contributed by atoms with Crippen LogP contribution in [0.1, 0.15) is 26.5 Å². The minimum atomic E-state index is -0.267. The van der Waals surface area contributed by atoms with Crippen LogP contribution in [0.2, 0.25) is 0 Å². The van der Waals surface area contributed by atoms with Gasteiger partial charge in [-0.15, -0.1) is 0 Å². The van der Waals surface area contributed by atoms with Crippen molar-refractivity contribution in [1.29, 1.82) is 0 Å². The second kappa shape index (κ2) is 8.39. The first-order chi connectivity index (χ1) is 15.6. The van der Waals surface area contributed by atoms with Crippen molar-refractivity contribution in [2.24, 2.45) is 0 Å². The number of imidazole rings is 2. The summed E-state index contributed by atoms with van der Waals surface area (Å²) in [6, 6.07) is 13.9. The van der Waals surface area contributed by atoms with E-state index in [1.165, 1.54) is 23.5 Å². The fraction of sp³-hybridized carbons (Fsp3) is 0.125. The topological polar surface area (TPSA) is 64.2 Å². The molecule has 3 aromatic heterocycles. The normalized spacial score (nSPS) is 11.2. The van der Waals surface area contributed by atoms with E-state index < -0.39 is 0 Å². The van der Waals surface area contributed by atoms with Gasteiger partial charge in [0.15, 0.2) is 4.96 Å². The number of amides is 1. The number of carbonyl (C=O) groups is 1. The van der Waals surface area contributed by atoms with Gasteiger partial charge in [-0.25, -0.2) is 14.4 Å². The molecule has 32 heavy (non-hydrogen) atoms. The number of benzene rings is 2. The van der Waals surface area contributed by atoms with Crippen LogP contribution < -0.4 is 5.32 Å². The van der Waals surface area contributed by atoms with Crippen molar-refractivity contribution < 1.29 is 9.18 Å². The predicted molar refractivity (Wildman–Crippen MR) is 122 cm³/mol. The van der Waals surface area contributed by atoms with Gasteiger partial charge in [0.25, 0.3) is 5.91 Å².